The van der Waals surface area contributed by atoms with Gasteiger partial charge >= 0.3 is 15.6 Å². The van der Waals surface area contributed by atoms with Gasteiger partial charge in [-0.2, -0.15) is 21.6 Å². The standard InChI is InChI=1S/C28H29F4N3O4S/c1-18-17-35(19(2)16-33-18)26(20-8-6-11-23(14-20)39-40(37,38)28(30,31)32)24-12-4-5-13-25(24)27(36)34(3)22-10-7-9-21(29)15-22/h4-15,18-19,26,33H,16-17H2,1-3H3/t18-,19+,26-/m1/s1. The van der Waals surface area contributed by atoms with Crippen LogP contribution in [0.2, 0.25) is 0 Å². The van der Waals surface area contributed by atoms with Crippen LogP contribution in [-0.2, 0) is 10.1 Å². The molecule has 1 aliphatic rings. The van der Waals surface area contributed by atoms with E-state index in [4.69, 9.17) is 0 Å². The summed E-state index contributed by atoms with van der Waals surface area (Å²) in [5, 5.41) is 3.38. The van der Waals surface area contributed by atoms with Gasteiger partial charge in [0.05, 0.1) is 6.04 Å². The van der Waals surface area contributed by atoms with E-state index in [0.717, 1.165) is 6.07 Å². The number of hydrogen-bond donors (Lipinski definition) is 1. The smallest absolute Gasteiger partial charge is 0.376 e. The Hall–Kier alpha value is -3.48. The average Bonchev–Trinajstić information content (AvgIpc) is 2.89. The molecule has 3 aromatic rings. The van der Waals surface area contributed by atoms with Crippen molar-refractivity contribution < 1.29 is 35.0 Å². The minimum atomic E-state index is -5.88. The van der Waals surface area contributed by atoms with E-state index < -0.39 is 39.1 Å². The molecule has 0 saturated carbocycles. The fourth-order valence-electron chi connectivity index (χ4n) is 4.78. The molecule has 1 fully saturated rings. The third-order valence-electron chi connectivity index (χ3n) is 6.79. The first kappa shape index (κ1) is 29.5. The fourth-order valence-corrected chi connectivity index (χ4v) is 5.23. The number of halogens is 4. The molecule has 3 aromatic carbocycles. The molecule has 0 radical (unpaired) electrons. The molecule has 12 heteroatoms. The van der Waals surface area contributed by atoms with E-state index in [1.807, 2.05) is 13.8 Å². The summed E-state index contributed by atoms with van der Waals surface area (Å²) in [6.07, 6.45) is 0. The zero-order valence-electron chi connectivity index (χ0n) is 22.0. The molecule has 1 aliphatic heterocycles. The highest BCUT2D eigenvalue weighted by Gasteiger charge is 2.48. The summed E-state index contributed by atoms with van der Waals surface area (Å²) in [5.74, 6) is -1.43. The SMILES string of the molecule is C[C@@H]1CN([C@H](c2cccc(OS(=O)(=O)C(F)(F)F)c2)c2ccccc2C(=O)N(C)c2cccc(F)c2)[C@@H](C)CN1. The van der Waals surface area contributed by atoms with Gasteiger partial charge in [0.15, 0.2) is 0 Å². The van der Waals surface area contributed by atoms with Gasteiger partial charge < -0.3 is 14.4 Å². The highest BCUT2D eigenvalue weighted by Crippen LogP contribution is 2.37. The summed E-state index contributed by atoms with van der Waals surface area (Å²) in [4.78, 5) is 17.2. The van der Waals surface area contributed by atoms with Gasteiger partial charge in [0.25, 0.3) is 5.91 Å². The molecule has 1 heterocycles. The summed E-state index contributed by atoms with van der Waals surface area (Å²) in [6.45, 7) is 5.10. The molecule has 0 aliphatic carbocycles. The second-order valence-corrected chi connectivity index (χ2v) is 11.3. The molecule has 0 spiro atoms. The Bertz CT molecular complexity index is 1480. The summed E-state index contributed by atoms with van der Waals surface area (Å²) in [6, 6.07) is 17.2. The highest BCUT2D eigenvalue weighted by molar-refractivity contribution is 7.88. The van der Waals surface area contributed by atoms with E-state index in [1.165, 1.54) is 42.3 Å². The Balaban J connectivity index is 1.82. The van der Waals surface area contributed by atoms with Crippen LogP contribution in [-0.4, -0.2) is 57.0 Å². The van der Waals surface area contributed by atoms with Crippen LogP contribution in [0.5, 0.6) is 5.75 Å². The number of nitrogens with one attached hydrogen (secondary N) is 1. The summed E-state index contributed by atoms with van der Waals surface area (Å²) < 4.78 is 80.8. The first-order valence-electron chi connectivity index (χ1n) is 12.5. The van der Waals surface area contributed by atoms with Crippen LogP contribution in [0.15, 0.2) is 72.8 Å². The zero-order valence-corrected chi connectivity index (χ0v) is 22.8. The molecule has 0 aromatic heterocycles. The van der Waals surface area contributed by atoms with E-state index in [1.54, 1.807) is 36.4 Å². The van der Waals surface area contributed by atoms with Gasteiger partial charge in [0.2, 0.25) is 0 Å². The van der Waals surface area contributed by atoms with Crippen molar-refractivity contribution in [2.75, 3.05) is 25.0 Å². The van der Waals surface area contributed by atoms with Crippen molar-refractivity contribution in [1.82, 2.24) is 10.2 Å². The lowest BCUT2D eigenvalue weighted by atomic mass is 9.90. The van der Waals surface area contributed by atoms with E-state index in [9.17, 15) is 30.8 Å². The number of benzene rings is 3. The van der Waals surface area contributed by atoms with Gasteiger partial charge in [-0.05, 0) is 61.4 Å². The fraction of sp³-hybridized carbons (Fsp3) is 0.321. The summed E-state index contributed by atoms with van der Waals surface area (Å²) in [7, 11) is -4.36. The Labute approximate surface area is 230 Å². The number of anilines is 1. The maximum absolute atomic E-state index is 13.9. The Morgan fingerprint density at radius 3 is 2.45 bits per heavy atom. The Kier molecular flexibility index (Phi) is 8.52. The largest absolute Gasteiger partial charge is 0.534 e. The molecule has 214 valence electrons. The van der Waals surface area contributed by atoms with Gasteiger partial charge in [-0.25, -0.2) is 4.39 Å². The molecule has 3 atom stereocenters. The van der Waals surface area contributed by atoms with Crippen molar-refractivity contribution in [2.24, 2.45) is 0 Å². The molecule has 0 bridgehead atoms. The molecule has 1 amide bonds. The van der Waals surface area contributed by atoms with Crippen molar-refractivity contribution in [3.63, 3.8) is 0 Å². The van der Waals surface area contributed by atoms with Crippen LogP contribution in [0.25, 0.3) is 0 Å². The molecule has 0 unspecified atom stereocenters. The van der Waals surface area contributed by atoms with Crippen LogP contribution in [0.3, 0.4) is 0 Å². The van der Waals surface area contributed by atoms with Gasteiger partial charge in [0, 0.05) is 43.5 Å². The molecule has 1 saturated heterocycles. The van der Waals surface area contributed by atoms with Crippen molar-refractivity contribution >= 4 is 21.7 Å². The number of rotatable bonds is 7. The number of carbonyl (C=O) groups excluding carboxylic acids is 1. The molecule has 1 N–H and O–H groups in total. The van der Waals surface area contributed by atoms with Crippen LogP contribution in [0.4, 0.5) is 23.2 Å². The predicted octanol–water partition coefficient (Wildman–Crippen LogP) is 5.10. The van der Waals surface area contributed by atoms with E-state index in [2.05, 4.69) is 14.4 Å². The molecule has 4 rings (SSSR count). The van der Waals surface area contributed by atoms with Crippen molar-refractivity contribution in [1.29, 1.82) is 0 Å². The molecule has 7 nitrogen and oxygen atoms in total. The Morgan fingerprint density at radius 2 is 1.75 bits per heavy atom. The van der Waals surface area contributed by atoms with E-state index >= 15 is 0 Å². The van der Waals surface area contributed by atoms with Crippen molar-refractivity contribution in [3.05, 3.63) is 95.3 Å². The minimum Gasteiger partial charge on any atom is -0.376 e. The van der Waals surface area contributed by atoms with Gasteiger partial charge in [-0.1, -0.05) is 36.4 Å². The predicted molar refractivity (Wildman–Crippen MR) is 143 cm³/mol. The minimum absolute atomic E-state index is 0.0570. The second-order valence-electron chi connectivity index (χ2n) is 9.74. The third-order valence-corrected chi connectivity index (χ3v) is 7.77. The number of amides is 1. The normalized spacial score (nSPS) is 19.2. The monoisotopic (exact) mass is 579 g/mol. The van der Waals surface area contributed by atoms with Crippen molar-refractivity contribution in [3.8, 4) is 5.75 Å². The zero-order chi connectivity index (χ0) is 29.2. The number of alkyl halides is 3. The average molecular weight is 580 g/mol. The maximum atomic E-state index is 13.9. The van der Waals surface area contributed by atoms with Gasteiger partial charge in [-0.15, -0.1) is 0 Å². The number of piperazine rings is 1. The van der Waals surface area contributed by atoms with Crippen LogP contribution >= 0.6 is 0 Å². The lowest BCUT2D eigenvalue weighted by Crippen LogP contribution is -2.55. The number of carbonyl (C=O) groups is 1. The van der Waals surface area contributed by atoms with E-state index in [-0.39, 0.29) is 12.1 Å². The quantitative estimate of drug-likeness (QED) is 0.238. The molecule has 40 heavy (non-hydrogen) atoms. The van der Waals surface area contributed by atoms with Crippen LogP contribution < -0.4 is 14.4 Å². The molecular weight excluding hydrogens is 550 g/mol. The summed E-state index contributed by atoms with van der Waals surface area (Å²) >= 11 is 0. The first-order chi connectivity index (χ1) is 18.8. The highest BCUT2D eigenvalue weighted by atomic mass is 32.2. The summed E-state index contributed by atoms with van der Waals surface area (Å²) in [5.41, 5.74) is -3.97. The first-order valence-corrected chi connectivity index (χ1v) is 13.9. The van der Waals surface area contributed by atoms with Gasteiger partial charge in [-0.3, -0.25) is 9.69 Å². The number of nitrogens with zero attached hydrogens (tertiary/aromatic N) is 2. The topological polar surface area (TPSA) is 79.0 Å². The Morgan fingerprint density at radius 1 is 1.05 bits per heavy atom. The third kappa shape index (κ3) is 6.29. The maximum Gasteiger partial charge on any atom is 0.534 e. The van der Waals surface area contributed by atoms with Crippen LogP contribution in [0.1, 0.15) is 41.4 Å². The van der Waals surface area contributed by atoms with E-state index in [0.29, 0.717) is 35.5 Å². The number of hydrogen-bond acceptors (Lipinski definition) is 6. The molecular formula is C28H29F4N3O4S. The van der Waals surface area contributed by atoms with Gasteiger partial charge in [0.1, 0.15) is 11.6 Å². The van der Waals surface area contributed by atoms with Crippen LogP contribution in [0, 0.1) is 5.82 Å². The second kappa shape index (κ2) is 11.6. The lowest BCUT2D eigenvalue weighted by molar-refractivity contribution is -0.0500. The van der Waals surface area contributed by atoms with Crippen molar-refractivity contribution in [2.45, 2.75) is 37.5 Å². The lowest BCUT2D eigenvalue weighted by Gasteiger charge is -2.43.